The highest BCUT2D eigenvalue weighted by molar-refractivity contribution is 7.17. The first-order valence-electron chi connectivity index (χ1n) is 5.46. The summed E-state index contributed by atoms with van der Waals surface area (Å²) in [5.74, 6) is -0.382. The van der Waals surface area contributed by atoms with E-state index in [9.17, 15) is 14.9 Å². The lowest BCUT2D eigenvalue weighted by Gasteiger charge is -2.15. The largest absolute Gasteiger partial charge is 0.335 e. The van der Waals surface area contributed by atoms with Gasteiger partial charge in [-0.1, -0.05) is 29.5 Å². The van der Waals surface area contributed by atoms with Crippen LogP contribution in [0.25, 0.3) is 0 Å². The Morgan fingerprint density at radius 1 is 1.45 bits per heavy atom. The molecule has 104 valence electrons. The van der Waals surface area contributed by atoms with Crippen molar-refractivity contribution in [2.24, 2.45) is 0 Å². The van der Waals surface area contributed by atoms with Gasteiger partial charge < -0.3 is 4.90 Å². The highest BCUT2D eigenvalue weighted by Crippen LogP contribution is 2.21. The van der Waals surface area contributed by atoms with E-state index in [0.29, 0.717) is 5.56 Å². The number of benzene rings is 1. The first kappa shape index (κ1) is 14.4. The topological polar surface area (TPSA) is 89.2 Å². The van der Waals surface area contributed by atoms with Gasteiger partial charge in [0.25, 0.3) is 11.6 Å². The number of amides is 1. The molecule has 0 N–H and O–H groups in total. The highest BCUT2D eigenvalue weighted by Gasteiger charge is 2.20. The van der Waals surface area contributed by atoms with Crippen LogP contribution in [0.4, 0.5) is 5.69 Å². The van der Waals surface area contributed by atoms with Gasteiger partial charge in [0.15, 0.2) is 0 Å². The number of carbonyl (C=O) groups excluding carboxylic acids is 1. The van der Waals surface area contributed by atoms with Gasteiger partial charge in [0.1, 0.15) is 0 Å². The number of nitro benzene ring substituents is 1. The third-order valence-electron chi connectivity index (χ3n) is 2.53. The molecule has 0 aliphatic rings. The molecule has 1 aromatic heterocycles. The summed E-state index contributed by atoms with van der Waals surface area (Å²) in [4.78, 5) is 23.8. The molecule has 2 aromatic rings. The standard InChI is InChI=1S/C11H9ClN4O3S/c1-15(10(17)9-13-14-11(12)20-9)6-7-4-2-3-5-8(7)16(18)19/h2-5H,6H2,1H3. The Balaban J connectivity index is 2.18. The fraction of sp³-hybridized carbons (Fsp3) is 0.182. The number of carbonyl (C=O) groups is 1. The molecule has 1 amide bonds. The second-order valence-electron chi connectivity index (χ2n) is 3.91. The fourth-order valence-electron chi connectivity index (χ4n) is 1.60. The molecule has 0 fully saturated rings. The summed E-state index contributed by atoms with van der Waals surface area (Å²) in [5.41, 5.74) is 0.423. The van der Waals surface area contributed by atoms with Crippen LogP contribution in [-0.4, -0.2) is 33.0 Å². The number of hydrogen-bond acceptors (Lipinski definition) is 6. The maximum Gasteiger partial charge on any atom is 0.284 e. The predicted molar refractivity (Wildman–Crippen MR) is 73.8 cm³/mol. The smallest absolute Gasteiger partial charge is 0.284 e. The summed E-state index contributed by atoms with van der Waals surface area (Å²) < 4.78 is 0.174. The van der Waals surface area contributed by atoms with E-state index in [1.165, 1.54) is 18.0 Å². The first-order chi connectivity index (χ1) is 9.49. The molecule has 1 aromatic carbocycles. The van der Waals surface area contributed by atoms with Crippen molar-refractivity contribution in [3.8, 4) is 0 Å². The van der Waals surface area contributed by atoms with Crippen molar-refractivity contribution in [2.75, 3.05) is 7.05 Å². The van der Waals surface area contributed by atoms with E-state index in [2.05, 4.69) is 10.2 Å². The van der Waals surface area contributed by atoms with Gasteiger partial charge in [-0.3, -0.25) is 14.9 Å². The molecular weight excluding hydrogens is 304 g/mol. The summed E-state index contributed by atoms with van der Waals surface area (Å²) in [6.07, 6.45) is 0. The summed E-state index contributed by atoms with van der Waals surface area (Å²) in [6.45, 7) is 0.104. The number of nitro groups is 1. The van der Waals surface area contributed by atoms with Crippen molar-refractivity contribution in [3.05, 3.63) is 49.4 Å². The molecule has 0 aliphatic carbocycles. The Kier molecular flexibility index (Phi) is 4.26. The second-order valence-corrected chi connectivity index (χ2v) is 5.47. The van der Waals surface area contributed by atoms with E-state index in [0.717, 1.165) is 11.3 Å². The number of halogens is 1. The summed E-state index contributed by atoms with van der Waals surface area (Å²) in [7, 11) is 1.54. The second kappa shape index (κ2) is 5.93. The SMILES string of the molecule is CN(Cc1ccccc1[N+](=O)[O-])C(=O)c1nnc(Cl)s1. The van der Waals surface area contributed by atoms with E-state index in [4.69, 9.17) is 11.6 Å². The maximum absolute atomic E-state index is 12.0. The van der Waals surface area contributed by atoms with Crippen molar-refractivity contribution in [1.82, 2.24) is 15.1 Å². The molecule has 20 heavy (non-hydrogen) atoms. The van der Waals surface area contributed by atoms with Crippen LogP contribution >= 0.6 is 22.9 Å². The van der Waals surface area contributed by atoms with E-state index in [-0.39, 0.29) is 27.6 Å². The molecule has 2 rings (SSSR count). The van der Waals surface area contributed by atoms with Gasteiger partial charge in [-0.2, -0.15) is 0 Å². The third kappa shape index (κ3) is 3.09. The van der Waals surface area contributed by atoms with Crippen molar-refractivity contribution in [1.29, 1.82) is 0 Å². The molecule has 0 saturated heterocycles. The molecule has 0 spiro atoms. The van der Waals surface area contributed by atoms with Crippen LogP contribution in [0.5, 0.6) is 0 Å². The zero-order valence-electron chi connectivity index (χ0n) is 10.3. The zero-order valence-corrected chi connectivity index (χ0v) is 11.9. The number of rotatable bonds is 4. The van der Waals surface area contributed by atoms with Crippen LogP contribution in [-0.2, 0) is 6.54 Å². The van der Waals surface area contributed by atoms with Crippen LogP contribution in [0, 0.1) is 10.1 Å². The van der Waals surface area contributed by atoms with Crippen molar-refractivity contribution in [3.63, 3.8) is 0 Å². The number of nitrogens with zero attached hydrogens (tertiary/aromatic N) is 4. The Hall–Kier alpha value is -2.06. The van der Waals surface area contributed by atoms with Crippen LogP contribution in [0.3, 0.4) is 0 Å². The van der Waals surface area contributed by atoms with Gasteiger partial charge in [-0.15, -0.1) is 10.2 Å². The molecule has 1 heterocycles. The first-order valence-corrected chi connectivity index (χ1v) is 6.65. The van der Waals surface area contributed by atoms with Crippen molar-refractivity contribution < 1.29 is 9.72 Å². The lowest BCUT2D eigenvalue weighted by atomic mass is 10.1. The predicted octanol–water partition coefficient (Wildman–Crippen LogP) is 2.37. The van der Waals surface area contributed by atoms with Gasteiger partial charge in [0, 0.05) is 18.7 Å². The fourth-order valence-corrected chi connectivity index (χ4v) is 2.43. The Labute approximate surface area is 123 Å². The van der Waals surface area contributed by atoms with Crippen LogP contribution in [0.1, 0.15) is 15.4 Å². The molecule has 7 nitrogen and oxygen atoms in total. The Morgan fingerprint density at radius 3 is 2.75 bits per heavy atom. The molecule has 9 heteroatoms. The molecule has 0 atom stereocenters. The maximum atomic E-state index is 12.0. The summed E-state index contributed by atoms with van der Waals surface area (Å²) in [5, 5.41) is 18.3. The van der Waals surface area contributed by atoms with Crippen LogP contribution in [0.2, 0.25) is 4.47 Å². The average molecular weight is 313 g/mol. The van der Waals surface area contributed by atoms with Gasteiger partial charge in [0.2, 0.25) is 9.47 Å². The van der Waals surface area contributed by atoms with Crippen LogP contribution < -0.4 is 0 Å². The Morgan fingerprint density at radius 2 is 2.15 bits per heavy atom. The molecule has 0 aliphatic heterocycles. The van der Waals surface area contributed by atoms with Gasteiger partial charge in [-0.05, 0) is 11.6 Å². The monoisotopic (exact) mass is 312 g/mol. The molecule has 0 bridgehead atoms. The average Bonchev–Trinajstić information content (AvgIpc) is 2.84. The number of para-hydroxylation sites is 1. The van der Waals surface area contributed by atoms with Gasteiger partial charge in [0.05, 0.1) is 11.5 Å². The minimum Gasteiger partial charge on any atom is -0.335 e. The number of aromatic nitrogens is 2. The normalized spacial score (nSPS) is 10.3. The van der Waals surface area contributed by atoms with Crippen LogP contribution in [0.15, 0.2) is 24.3 Å². The molecular formula is C11H9ClN4O3S. The van der Waals surface area contributed by atoms with E-state index in [1.807, 2.05) is 0 Å². The summed E-state index contributed by atoms with van der Waals surface area (Å²) in [6, 6.07) is 6.26. The van der Waals surface area contributed by atoms with E-state index >= 15 is 0 Å². The van der Waals surface area contributed by atoms with Gasteiger partial charge >= 0.3 is 0 Å². The zero-order chi connectivity index (χ0) is 14.7. The molecule has 0 radical (unpaired) electrons. The molecule has 0 saturated carbocycles. The minimum atomic E-state index is -0.477. The van der Waals surface area contributed by atoms with Crippen molar-refractivity contribution in [2.45, 2.75) is 6.54 Å². The number of hydrogen-bond donors (Lipinski definition) is 0. The summed E-state index contributed by atoms with van der Waals surface area (Å²) >= 11 is 6.58. The minimum absolute atomic E-state index is 0.0255. The highest BCUT2D eigenvalue weighted by atomic mass is 35.5. The third-order valence-corrected chi connectivity index (χ3v) is 3.53. The molecule has 0 unspecified atom stereocenters. The van der Waals surface area contributed by atoms with E-state index in [1.54, 1.807) is 18.2 Å². The van der Waals surface area contributed by atoms with Crippen molar-refractivity contribution >= 4 is 34.5 Å². The van der Waals surface area contributed by atoms with Gasteiger partial charge in [-0.25, -0.2) is 0 Å². The lowest BCUT2D eigenvalue weighted by Crippen LogP contribution is -2.26. The Bertz CT molecular complexity index is 661. The quantitative estimate of drug-likeness (QED) is 0.638. The van der Waals surface area contributed by atoms with E-state index < -0.39 is 4.92 Å². The lowest BCUT2D eigenvalue weighted by molar-refractivity contribution is -0.385.